The molecule has 0 aromatic carbocycles. The number of carbonyl (C=O) groups is 1. The molecule has 3 heteroatoms. The molecule has 0 spiro atoms. The van der Waals surface area contributed by atoms with Crippen LogP contribution in [-0.2, 0) is 9.53 Å². The Kier molecular flexibility index (Phi) is 4.94. The van der Waals surface area contributed by atoms with Gasteiger partial charge in [0, 0.05) is 25.2 Å². The van der Waals surface area contributed by atoms with Gasteiger partial charge in [-0.1, -0.05) is 20.3 Å². The van der Waals surface area contributed by atoms with Crippen molar-refractivity contribution in [2.45, 2.75) is 45.6 Å². The molecule has 1 aliphatic rings. The summed E-state index contributed by atoms with van der Waals surface area (Å²) in [5.74, 6) is 0.363. The van der Waals surface area contributed by atoms with Crippen molar-refractivity contribution in [2.24, 2.45) is 5.92 Å². The first-order chi connectivity index (χ1) is 6.74. The molecule has 3 nitrogen and oxygen atoms in total. The normalized spacial score (nSPS) is 20.4. The zero-order valence-corrected chi connectivity index (χ0v) is 9.21. The fourth-order valence-electron chi connectivity index (χ4n) is 1.75. The van der Waals surface area contributed by atoms with Gasteiger partial charge in [0.05, 0.1) is 0 Å². The molecular weight excluding hydrogens is 178 g/mol. The molecule has 1 saturated heterocycles. The molecule has 0 aromatic heterocycles. The maximum atomic E-state index is 11.6. The molecular formula is C11H21NO2. The van der Waals surface area contributed by atoms with Gasteiger partial charge in [-0.15, -0.1) is 0 Å². The molecule has 0 radical (unpaired) electrons. The highest BCUT2D eigenvalue weighted by molar-refractivity contribution is 5.78. The Bertz CT molecular complexity index is 176. The lowest BCUT2D eigenvalue weighted by molar-refractivity contribution is -0.126. The summed E-state index contributed by atoms with van der Waals surface area (Å²) in [6.45, 7) is 5.68. The van der Waals surface area contributed by atoms with Crippen LogP contribution in [0.4, 0.5) is 0 Å². The van der Waals surface area contributed by atoms with Crippen LogP contribution in [0.1, 0.15) is 39.5 Å². The smallest absolute Gasteiger partial charge is 0.223 e. The van der Waals surface area contributed by atoms with Crippen LogP contribution >= 0.6 is 0 Å². The largest absolute Gasteiger partial charge is 0.381 e. The predicted octanol–water partition coefficient (Wildman–Crippen LogP) is 1.72. The van der Waals surface area contributed by atoms with E-state index in [4.69, 9.17) is 4.74 Å². The van der Waals surface area contributed by atoms with E-state index in [1.54, 1.807) is 0 Å². The molecule has 82 valence electrons. The number of rotatable bonds is 4. The number of carbonyl (C=O) groups excluding carboxylic acids is 1. The quantitative estimate of drug-likeness (QED) is 0.748. The minimum Gasteiger partial charge on any atom is -0.381 e. The average Bonchev–Trinajstić information content (AvgIpc) is 2.19. The maximum absolute atomic E-state index is 11.6. The second-order valence-corrected chi connectivity index (χ2v) is 4.08. The van der Waals surface area contributed by atoms with Gasteiger partial charge in [0.1, 0.15) is 0 Å². The molecule has 1 amide bonds. The van der Waals surface area contributed by atoms with Gasteiger partial charge in [-0.05, 0) is 19.3 Å². The summed E-state index contributed by atoms with van der Waals surface area (Å²) < 4.78 is 5.24. The number of hydrogen-bond acceptors (Lipinski definition) is 2. The molecule has 0 aliphatic carbocycles. The van der Waals surface area contributed by atoms with Gasteiger partial charge in [0.2, 0.25) is 5.91 Å². The SMILES string of the molecule is CCCC(C)C(=O)NC1CCOCC1. The lowest BCUT2D eigenvalue weighted by Crippen LogP contribution is -2.41. The average molecular weight is 199 g/mol. The summed E-state index contributed by atoms with van der Waals surface area (Å²) in [5, 5.41) is 3.08. The first-order valence-electron chi connectivity index (χ1n) is 5.62. The van der Waals surface area contributed by atoms with Crippen molar-refractivity contribution in [2.75, 3.05) is 13.2 Å². The molecule has 1 N–H and O–H groups in total. The summed E-state index contributed by atoms with van der Waals surface area (Å²) in [7, 11) is 0. The van der Waals surface area contributed by atoms with E-state index in [1.807, 2.05) is 6.92 Å². The summed E-state index contributed by atoms with van der Waals surface area (Å²) in [5.41, 5.74) is 0. The molecule has 1 atom stereocenters. The fourth-order valence-corrected chi connectivity index (χ4v) is 1.75. The Hall–Kier alpha value is -0.570. The topological polar surface area (TPSA) is 38.3 Å². The van der Waals surface area contributed by atoms with E-state index >= 15 is 0 Å². The number of amides is 1. The molecule has 0 bridgehead atoms. The molecule has 0 saturated carbocycles. The standard InChI is InChI=1S/C11H21NO2/c1-3-4-9(2)11(13)12-10-5-7-14-8-6-10/h9-10H,3-8H2,1-2H3,(H,12,13). The zero-order valence-electron chi connectivity index (χ0n) is 9.21. The summed E-state index contributed by atoms with van der Waals surface area (Å²) in [4.78, 5) is 11.6. The van der Waals surface area contributed by atoms with Gasteiger partial charge in [0.15, 0.2) is 0 Å². The van der Waals surface area contributed by atoms with Crippen LogP contribution in [-0.4, -0.2) is 25.2 Å². The zero-order chi connectivity index (χ0) is 10.4. The number of ether oxygens (including phenoxy) is 1. The minimum atomic E-state index is 0.155. The van der Waals surface area contributed by atoms with Crippen molar-refractivity contribution >= 4 is 5.91 Å². The Balaban J connectivity index is 2.24. The Morgan fingerprint density at radius 2 is 2.14 bits per heavy atom. The summed E-state index contributed by atoms with van der Waals surface area (Å²) in [6, 6.07) is 0.343. The van der Waals surface area contributed by atoms with Crippen molar-refractivity contribution in [3.05, 3.63) is 0 Å². The van der Waals surface area contributed by atoms with Crippen LogP contribution in [0.2, 0.25) is 0 Å². The minimum absolute atomic E-state index is 0.155. The lowest BCUT2D eigenvalue weighted by Gasteiger charge is -2.24. The molecule has 1 unspecified atom stereocenters. The first-order valence-corrected chi connectivity index (χ1v) is 5.62. The van der Waals surface area contributed by atoms with E-state index in [0.717, 1.165) is 38.9 Å². The molecule has 1 heterocycles. The third kappa shape index (κ3) is 3.66. The maximum Gasteiger partial charge on any atom is 0.223 e. The monoisotopic (exact) mass is 199 g/mol. The van der Waals surface area contributed by atoms with Gasteiger partial charge in [0.25, 0.3) is 0 Å². The Labute approximate surface area is 86.2 Å². The highest BCUT2D eigenvalue weighted by Gasteiger charge is 2.18. The third-order valence-electron chi connectivity index (χ3n) is 2.74. The van der Waals surface area contributed by atoms with E-state index in [2.05, 4.69) is 12.2 Å². The summed E-state index contributed by atoms with van der Waals surface area (Å²) >= 11 is 0. The second-order valence-electron chi connectivity index (χ2n) is 4.08. The van der Waals surface area contributed by atoms with Crippen molar-refractivity contribution in [3.63, 3.8) is 0 Å². The van der Waals surface area contributed by atoms with Gasteiger partial charge >= 0.3 is 0 Å². The van der Waals surface area contributed by atoms with Crippen molar-refractivity contribution in [3.8, 4) is 0 Å². The second kappa shape index (κ2) is 6.02. The van der Waals surface area contributed by atoms with Gasteiger partial charge in [-0.3, -0.25) is 4.79 Å². The highest BCUT2D eigenvalue weighted by Crippen LogP contribution is 2.09. The molecule has 1 aliphatic heterocycles. The first kappa shape index (κ1) is 11.5. The van der Waals surface area contributed by atoms with Crippen molar-refractivity contribution < 1.29 is 9.53 Å². The van der Waals surface area contributed by atoms with Crippen molar-refractivity contribution in [1.82, 2.24) is 5.32 Å². The van der Waals surface area contributed by atoms with Crippen LogP contribution in [0.5, 0.6) is 0 Å². The van der Waals surface area contributed by atoms with Gasteiger partial charge in [-0.25, -0.2) is 0 Å². The van der Waals surface area contributed by atoms with E-state index < -0.39 is 0 Å². The van der Waals surface area contributed by atoms with Crippen LogP contribution in [0.3, 0.4) is 0 Å². The van der Waals surface area contributed by atoms with E-state index in [-0.39, 0.29) is 11.8 Å². The van der Waals surface area contributed by atoms with E-state index in [0.29, 0.717) is 6.04 Å². The molecule has 0 aromatic rings. The van der Waals surface area contributed by atoms with Crippen molar-refractivity contribution in [1.29, 1.82) is 0 Å². The van der Waals surface area contributed by atoms with E-state index in [1.165, 1.54) is 0 Å². The number of hydrogen-bond donors (Lipinski definition) is 1. The third-order valence-corrected chi connectivity index (χ3v) is 2.74. The van der Waals surface area contributed by atoms with E-state index in [9.17, 15) is 4.79 Å². The lowest BCUT2D eigenvalue weighted by atomic mass is 10.0. The van der Waals surface area contributed by atoms with Crippen LogP contribution in [0.15, 0.2) is 0 Å². The molecule has 14 heavy (non-hydrogen) atoms. The fraction of sp³-hybridized carbons (Fsp3) is 0.909. The molecule has 1 rings (SSSR count). The molecule has 1 fully saturated rings. The summed E-state index contributed by atoms with van der Waals surface area (Å²) in [6.07, 6.45) is 3.98. The van der Waals surface area contributed by atoms with Gasteiger partial charge in [-0.2, -0.15) is 0 Å². The number of nitrogens with one attached hydrogen (secondary N) is 1. The van der Waals surface area contributed by atoms with Crippen LogP contribution < -0.4 is 5.32 Å². The Morgan fingerprint density at radius 3 is 2.71 bits per heavy atom. The van der Waals surface area contributed by atoms with Gasteiger partial charge < -0.3 is 10.1 Å². The Morgan fingerprint density at radius 1 is 1.50 bits per heavy atom. The van der Waals surface area contributed by atoms with Crippen LogP contribution in [0.25, 0.3) is 0 Å². The van der Waals surface area contributed by atoms with Crippen LogP contribution in [0, 0.1) is 5.92 Å². The highest BCUT2D eigenvalue weighted by atomic mass is 16.5. The predicted molar refractivity (Wildman–Crippen MR) is 56.1 cm³/mol.